The van der Waals surface area contributed by atoms with Crippen molar-refractivity contribution in [2.75, 3.05) is 119 Å². The number of hydrogen-bond acceptors (Lipinski definition) is 14. The van der Waals surface area contributed by atoms with Gasteiger partial charge < -0.3 is 67.1 Å². The molecule has 1 aliphatic rings. The van der Waals surface area contributed by atoms with Crippen LogP contribution in [-0.4, -0.2) is 160 Å². The Kier molecular flexibility index (Phi) is 24.9. The van der Waals surface area contributed by atoms with Crippen molar-refractivity contribution in [2.24, 2.45) is 0 Å². The highest BCUT2D eigenvalue weighted by Crippen LogP contribution is 2.28. The molecular formula is C37H58O14. The lowest BCUT2D eigenvalue weighted by molar-refractivity contribution is -0.320. The molecule has 51 heavy (non-hydrogen) atoms. The molecule has 0 unspecified atom stereocenters. The van der Waals surface area contributed by atoms with Gasteiger partial charge in [0, 0.05) is 7.11 Å². The second kappa shape index (κ2) is 29.3. The lowest BCUT2D eigenvalue weighted by Crippen LogP contribution is -2.60. The Bertz CT molecular complexity index is 1050. The van der Waals surface area contributed by atoms with Crippen LogP contribution in [0, 0.1) is 0 Å². The molecule has 0 aliphatic carbocycles. The number of ether oxygens (including phenoxy) is 12. The van der Waals surface area contributed by atoms with Gasteiger partial charge in [0.2, 0.25) is 0 Å². The maximum absolute atomic E-state index is 11.3. The van der Waals surface area contributed by atoms with Gasteiger partial charge in [-0.25, -0.2) is 0 Å². The van der Waals surface area contributed by atoms with E-state index in [1.54, 1.807) is 7.11 Å². The van der Waals surface area contributed by atoms with Crippen LogP contribution in [0.1, 0.15) is 11.1 Å². The quantitative estimate of drug-likeness (QED) is 0.106. The number of rotatable bonds is 32. The first-order chi connectivity index (χ1) is 25.2. The first kappa shape index (κ1) is 43.3. The molecule has 2 N–H and O–H groups in total. The molecule has 14 nitrogen and oxygen atoms in total. The van der Waals surface area contributed by atoms with Crippen LogP contribution in [0.15, 0.2) is 60.7 Å². The molecule has 14 heteroatoms. The zero-order valence-corrected chi connectivity index (χ0v) is 29.9. The molecule has 5 atom stereocenters. The summed E-state index contributed by atoms with van der Waals surface area (Å²) in [5, 5.41) is 21.4. The summed E-state index contributed by atoms with van der Waals surface area (Å²) in [4.78, 5) is 0. The summed E-state index contributed by atoms with van der Waals surface area (Å²) in [5.74, 6) is 0. The lowest BCUT2D eigenvalue weighted by atomic mass is 9.98. The third-order valence-electron chi connectivity index (χ3n) is 7.54. The van der Waals surface area contributed by atoms with Gasteiger partial charge in [0.25, 0.3) is 0 Å². The molecule has 0 aromatic heterocycles. The van der Waals surface area contributed by atoms with E-state index in [1.807, 2.05) is 60.7 Å². The number of methoxy groups -OCH3 is 1. The average molecular weight is 727 g/mol. The highest BCUT2D eigenvalue weighted by molar-refractivity contribution is 5.14. The van der Waals surface area contributed by atoms with Crippen LogP contribution >= 0.6 is 0 Å². The van der Waals surface area contributed by atoms with Gasteiger partial charge in [-0.1, -0.05) is 60.7 Å². The van der Waals surface area contributed by atoms with E-state index < -0.39 is 30.7 Å². The molecule has 1 aliphatic heterocycles. The minimum atomic E-state index is -1.11. The highest BCUT2D eigenvalue weighted by atomic mass is 16.7. The maximum atomic E-state index is 11.3. The van der Waals surface area contributed by atoms with E-state index in [0.717, 1.165) is 11.1 Å². The molecule has 2 aromatic rings. The van der Waals surface area contributed by atoms with E-state index in [2.05, 4.69) is 0 Å². The monoisotopic (exact) mass is 726 g/mol. The van der Waals surface area contributed by atoms with Gasteiger partial charge in [-0.05, 0) is 11.1 Å². The number of benzene rings is 2. The van der Waals surface area contributed by atoms with Crippen LogP contribution in [0.25, 0.3) is 0 Å². The summed E-state index contributed by atoms with van der Waals surface area (Å²) in [5.41, 5.74) is 1.88. The van der Waals surface area contributed by atoms with Crippen LogP contribution in [0.3, 0.4) is 0 Å². The molecule has 1 fully saturated rings. The smallest absolute Gasteiger partial charge is 0.187 e. The number of aliphatic hydroxyl groups excluding tert-OH is 2. The summed E-state index contributed by atoms with van der Waals surface area (Å²) in [6, 6.07) is 19.2. The molecule has 0 saturated carbocycles. The van der Waals surface area contributed by atoms with E-state index in [0.29, 0.717) is 92.5 Å². The molecule has 0 bridgehead atoms. The van der Waals surface area contributed by atoms with Crippen molar-refractivity contribution in [3.63, 3.8) is 0 Å². The van der Waals surface area contributed by atoms with Crippen molar-refractivity contribution < 1.29 is 67.1 Å². The van der Waals surface area contributed by atoms with Crippen LogP contribution < -0.4 is 0 Å². The third-order valence-corrected chi connectivity index (χ3v) is 7.54. The largest absolute Gasteiger partial charge is 0.394 e. The zero-order chi connectivity index (χ0) is 36.0. The molecule has 2 aromatic carbocycles. The highest BCUT2D eigenvalue weighted by Gasteiger charge is 2.47. The van der Waals surface area contributed by atoms with E-state index in [4.69, 9.17) is 56.8 Å². The SMILES string of the molecule is COCCOCCOCCOCCOCCOCCOCCOCCO[C@H]1O[C@H](CO)[C@@H](OCc2ccccc2)[C@H](O)[C@@H]1OCc1ccccc1. The van der Waals surface area contributed by atoms with Crippen LogP contribution in [0.4, 0.5) is 0 Å². The predicted octanol–water partition coefficient (Wildman–Crippen LogP) is 2.01. The molecule has 1 heterocycles. The van der Waals surface area contributed by atoms with Gasteiger partial charge in [-0.3, -0.25) is 0 Å². The molecule has 1 saturated heterocycles. The Morgan fingerprint density at radius 3 is 1.25 bits per heavy atom. The van der Waals surface area contributed by atoms with Gasteiger partial charge in [0.15, 0.2) is 6.29 Å². The fourth-order valence-corrected chi connectivity index (χ4v) is 4.88. The summed E-state index contributed by atoms with van der Waals surface area (Å²) in [6.45, 7) is 7.41. The summed E-state index contributed by atoms with van der Waals surface area (Å²) < 4.78 is 67.4. The number of hydrogen-bond donors (Lipinski definition) is 2. The van der Waals surface area contributed by atoms with Crippen LogP contribution in [0.2, 0.25) is 0 Å². The van der Waals surface area contributed by atoms with Gasteiger partial charge in [-0.15, -0.1) is 0 Å². The van der Waals surface area contributed by atoms with Crippen molar-refractivity contribution in [1.29, 1.82) is 0 Å². The standard InChI is InChI=1S/C37H58O14/c1-40-12-13-41-14-15-42-16-17-43-18-19-44-20-21-45-22-23-46-24-25-47-26-27-48-37-36(50-30-32-10-6-3-7-11-32)34(39)35(33(28-38)51-37)49-29-31-8-4-2-5-9-31/h2-11,33-39H,12-30H2,1H3/t33-,34+,35-,36+,37+/m1/s1. The fourth-order valence-electron chi connectivity index (χ4n) is 4.88. The van der Waals surface area contributed by atoms with Gasteiger partial charge in [-0.2, -0.15) is 0 Å². The molecular weight excluding hydrogens is 668 g/mol. The summed E-state index contributed by atoms with van der Waals surface area (Å²) in [7, 11) is 1.64. The van der Waals surface area contributed by atoms with Gasteiger partial charge in [0.05, 0.1) is 126 Å². The number of aliphatic hydroxyl groups is 2. The zero-order valence-electron chi connectivity index (χ0n) is 29.9. The maximum Gasteiger partial charge on any atom is 0.187 e. The van der Waals surface area contributed by atoms with E-state index in [9.17, 15) is 10.2 Å². The second-order valence-corrected chi connectivity index (χ2v) is 11.4. The Morgan fingerprint density at radius 1 is 0.490 bits per heavy atom. The summed E-state index contributed by atoms with van der Waals surface area (Å²) in [6.07, 6.45) is -4.53. The topological polar surface area (TPSA) is 151 Å². The molecule has 0 radical (unpaired) electrons. The van der Waals surface area contributed by atoms with E-state index in [-0.39, 0.29) is 33.0 Å². The van der Waals surface area contributed by atoms with Crippen LogP contribution in [-0.2, 0) is 70.1 Å². The van der Waals surface area contributed by atoms with Crippen molar-refractivity contribution >= 4 is 0 Å². The Labute approximate surface area is 302 Å². The Morgan fingerprint density at radius 2 is 0.863 bits per heavy atom. The Balaban J connectivity index is 1.20. The fraction of sp³-hybridized carbons (Fsp3) is 0.676. The average Bonchev–Trinajstić information content (AvgIpc) is 3.16. The minimum Gasteiger partial charge on any atom is -0.394 e. The van der Waals surface area contributed by atoms with Crippen LogP contribution in [0.5, 0.6) is 0 Å². The summed E-state index contributed by atoms with van der Waals surface area (Å²) >= 11 is 0. The minimum absolute atomic E-state index is 0.184. The van der Waals surface area contributed by atoms with Crippen molar-refractivity contribution in [1.82, 2.24) is 0 Å². The molecule has 290 valence electrons. The molecule has 0 amide bonds. The van der Waals surface area contributed by atoms with Crippen molar-refractivity contribution in [2.45, 2.75) is 43.9 Å². The lowest BCUT2D eigenvalue weighted by Gasteiger charge is -2.43. The van der Waals surface area contributed by atoms with E-state index >= 15 is 0 Å². The Hall–Kier alpha value is -2.12. The third kappa shape index (κ3) is 19.5. The first-order valence-corrected chi connectivity index (χ1v) is 17.6. The van der Waals surface area contributed by atoms with E-state index in [1.165, 1.54) is 0 Å². The van der Waals surface area contributed by atoms with Gasteiger partial charge >= 0.3 is 0 Å². The normalized spacial score (nSPS) is 20.6. The molecule has 3 rings (SSSR count). The predicted molar refractivity (Wildman–Crippen MR) is 185 cm³/mol. The van der Waals surface area contributed by atoms with Gasteiger partial charge in [0.1, 0.15) is 24.4 Å². The molecule has 0 spiro atoms. The second-order valence-electron chi connectivity index (χ2n) is 11.4. The van der Waals surface area contributed by atoms with Crippen molar-refractivity contribution in [3.8, 4) is 0 Å². The van der Waals surface area contributed by atoms with Crippen molar-refractivity contribution in [3.05, 3.63) is 71.8 Å². The first-order valence-electron chi connectivity index (χ1n) is 17.6.